The van der Waals surface area contributed by atoms with Crippen LogP contribution in [0.25, 0.3) is 10.8 Å². The van der Waals surface area contributed by atoms with Gasteiger partial charge in [0.25, 0.3) is 0 Å². The lowest BCUT2D eigenvalue weighted by Crippen LogP contribution is -2.35. The number of hydrogen-bond acceptors (Lipinski definition) is 3. The molecule has 0 aromatic heterocycles. The summed E-state index contributed by atoms with van der Waals surface area (Å²) in [5, 5.41) is 21.3. The van der Waals surface area contributed by atoms with Crippen molar-refractivity contribution in [2.45, 2.75) is 96.8 Å². The first-order valence-corrected chi connectivity index (χ1v) is 13.4. The number of carbonyl (C=O) groups is 1. The monoisotopic (exact) mass is 470 g/mol. The first-order valence-electron chi connectivity index (χ1n) is 13.4. The Balaban J connectivity index is 0.000000358. The van der Waals surface area contributed by atoms with Crippen LogP contribution in [0.2, 0.25) is 0 Å². The number of fused-ring (bicyclic) bond motifs is 1. The molecule has 2 rings (SSSR count). The fourth-order valence-electron chi connectivity index (χ4n) is 4.09. The normalized spacial score (nSPS) is 11.3. The Morgan fingerprint density at radius 1 is 0.824 bits per heavy atom. The van der Waals surface area contributed by atoms with Crippen molar-refractivity contribution < 1.29 is 19.5 Å². The van der Waals surface area contributed by atoms with Gasteiger partial charge in [-0.05, 0) is 29.7 Å². The first-order chi connectivity index (χ1) is 16.2. The molecule has 0 saturated heterocycles. The quantitative estimate of drug-likeness (QED) is 0.215. The summed E-state index contributed by atoms with van der Waals surface area (Å²) in [7, 11) is 6.88. The number of phenols is 1. The summed E-state index contributed by atoms with van der Waals surface area (Å²) in [6, 6.07) is 11.0. The summed E-state index contributed by atoms with van der Waals surface area (Å²) in [5.74, 6) is -1.78. The maximum absolute atomic E-state index is 10.6. The smallest absolute Gasteiger partial charge is 0.133 e. The van der Waals surface area contributed by atoms with Gasteiger partial charge in [0, 0.05) is 11.6 Å². The minimum Gasteiger partial charge on any atom is -0.545 e. The number of hydrogen-bond donors (Lipinski definition) is 1. The highest BCUT2D eigenvalue weighted by Crippen LogP contribution is 2.23. The van der Waals surface area contributed by atoms with Crippen molar-refractivity contribution >= 4 is 16.7 Å². The molecule has 0 spiro atoms. The minimum atomic E-state index is -1.40. The molecule has 0 unspecified atom stereocenters. The molecule has 1 N–H and O–H groups in total. The van der Waals surface area contributed by atoms with E-state index in [9.17, 15) is 15.0 Å². The molecule has 0 aliphatic carbocycles. The average molecular weight is 471 g/mol. The fraction of sp³-hybridized carbons (Fsp3) is 0.633. The second-order valence-corrected chi connectivity index (χ2v) is 10.5. The van der Waals surface area contributed by atoms with Crippen LogP contribution in [0.3, 0.4) is 0 Å². The van der Waals surface area contributed by atoms with Gasteiger partial charge in [-0.25, -0.2) is 0 Å². The number of aromatic carboxylic acids is 1. The highest BCUT2D eigenvalue weighted by Gasteiger charge is 2.05. The van der Waals surface area contributed by atoms with Crippen molar-refractivity contribution in [3.63, 3.8) is 0 Å². The fourth-order valence-corrected chi connectivity index (χ4v) is 4.09. The van der Waals surface area contributed by atoms with Crippen molar-refractivity contribution in [1.29, 1.82) is 0 Å². The van der Waals surface area contributed by atoms with Crippen LogP contribution in [-0.2, 0) is 0 Å². The Hall–Kier alpha value is -2.07. The second-order valence-electron chi connectivity index (χ2n) is 10.5. The van der Waals surface area contributed by atoms with Crippen LogP contribution < -0.4 is 5.11 Å². The van der Waals surface area contributed by atoms with E-state index in [0.29, 0.717) is 10.8 Å². The summed E-state index contributed by atoms with van der Waals surface area (Å²) < 4.78 is 1.12. The lowest BCUT2D eigenvalue weighted by atomic mass is 10.0. The van der Waals surface area contributed by atoms with Crippen LogP contribution in [0.5, 0.6) is 5.75 Å². The maximum Gasteiger partial charge on any atom is 0.133 e. The number of benzene rings is 2. The number of rotatable bonds is 16. The lowest BCUT2D eigenvalue weighted by Gasteiger charge is -2.23. The van der Waals surface area contributed by atoms with E-state index in [1.165, 1.54) is 103 Å². The van der Waals surface area contributed by atoms with Gasteiger partial charge in [0.1, 0.15) is 5.75 Å². The van der Waals surface area contributed by atoms with Gasteiger partial charge < -0.3 is 19.5 Å². The van der Waals surface area contributed by atoms with E-state index in [4.69, 9.17) is 0 Å². The van der Waals surface area contributed by atoms with Crippen molar-refractivity contribution in [3.8, 4) is 5.75 Å². The predicted octanol–water partition coefficient (Wildman–Crippen LogP) is 6.88. The number of carbonyl (C=O) groups excluding carboxylic acids is 1. The molecule has 0 saturated carbocycles. The number of unbranched alkanes of at least 4 members (excludes halogenated alkanes) is 13. The van der Waals surface area contributed by atoms with Crippen LogP contribution in [0, 0.1) is 6.07 Å². The van der Waals surface area contributed by atoms with Gasteiger partial charge in [-0.3, -0.25) is 0 Å². The van der Waals surface area contributed by atoms with Gasteiger partial charge in [0.2, 0.25) is 0 Å². The van der Waals surface area contributed by atoms with E-state index in [2.05, 4.69) is 34.1 Å². The second kappa shape index (κ2) is 17.4. The molecule has 0 fully saturated rings. The molecule has 4 nitrogen and oxygen atoms in total. The van der Waals surface area contributed by atoms with E-state index < -0.39 is 5.97 Å². The minimum absolute atomic E-state index is 0.233. The van der Waals surface area contributed by atoms with E-state index in [1.54, 1.807) is 24.3 Å². The summed E-state index contributed by atoms with van der Waals surface area (Å²) in [6.45, 7) is 3.63. The zero-order valence-electron chi connectivity index (χ0n) is 22.2. The summed E-state index contributed by atoms with van der Waals surface area (Å²) in [6.07, 6.45) is 20.4. The van der Waals surface area contributed by atoms with E-state index in [-0.39, 0.29) is 11.3 Å². The van der Waals surface area contributed by atoms with Crippen molar-refractivity contribution in [3.05, 3.63) is 42.0 Å². The molecule has 0 heterocycles. The third kappa shape index (κ3) is 14.2. The van der Waals surface area contributed by atoms with Gasteiger partial charge in [0.15, 0.2) is 0 Å². The van der Waals surface area contributed by atoms with Gasteiger partial charge in [0.05, 0.1) is 33.7 Å². The van der Waals surface area contributed by atoms with E-state index in [0.717, 1.165) is 4.48 Å². The van der Waals surface area contributed by atoms with Crippen LogP contribution in [0.4, 0.5) is 0 Å². The predicted molar refractivity (Wildman–Crippen MR) is 142 cm³/mol. The lowest BCUT2D eigenvalue weighted by molar-refractivity contribution is -0.870. The van der Waals surface area contributed by atoms with Gasteiger partial charge in [-0.1, -0.05) is 108 Å². The Kier molecular flexibility index (Phi) is 15.3. The van der Waals surface area contributed by atoms with Crippen molar-refractivity contribution in [2.24, 2.45) is 0 Å². The molecule has 0 amide bonds. The highest BCUT2D eigenvalue weighted by atomic mass is 16.4. The molecule has 2 aromatic rings. The van der Waals surface area contributed by atoms with Gasteiger partial charge >= 0.3 is 0 Å². The Morgan fingerprint density at radius 3 is 1.76 bits per heavy atom. The van der Waals surface area contributed by atoms with Crippen LogP contribution in [0.15, 0.2) is 30.3 Å². The third-order valence-electron chi connectivity index (χ3n) is 6.17. The average Bonchev–Trinajstić information content (AvgIpc) is 2.78. The zero-order valence-corrected chi connectivity index (χ0v) is 22.2. The number of carboxylic acid groups (broad SMARTS) is 1. The van der Waals surface area contributed by atoms with Crippen LogP contribution in [-0.4, -0.2) is 43.2 Å². The van der Waals surface area contributed by atoms with E-state index in [1.807, 2.05) is 0 Å². The molecular weight excluding hydrogens is 422 g/mol. The molecule has 191 valence electrons. The summed E-state index contributed by atoms with van der Waals surface area (Å²) in [4.78, 5) is 10.6. The topological polar surface area (TPSA) is 60.4 Å². The number of aromatic hydroxyl groups is 1. The SMILES string of the molecule is CCCCCCCCCCCCCCCC[N+](C)(C)C.O=C([O-])c1cc2ccccc2[c]c1O. The first kappa shape index (κ1) is 30.0. The molecule has 1 radical (unpaired) electrons. The molecular formula is C30H48NO3. The van der Waals surface area contributed by atoms with Crippen LogP contribution >= 0.6 is 0 Å². The van der Waals surface area contributed by atoms with Crippen molar-refractivity contribution in [1.82, 2.24) is 0 Å². The van der Waals surface area contributed by atoms with Crippen LogP contribution in [0.1, 0.15) is 107 Å². The standard InChI is InChI=1S/C19H42N.C11H7O3/c1-5-6-7-8-9-10-11-12-13-14-15-16-17-18-19-20(2,3)4;12-10-6-8-4-2-1-3-7(8)5-9(10)11(13)14/h5-19H2,1-4H3;1-5,12H,(H,13,14)/q+1;/p-1. The Morgan fingerprint density at radius 2 is 1.29 bits per heavy atom. The molecule has 0 aliphatic rings. The summed E-state index contributed by atoms with van der Waals surface area (Å²) >= 11 is 0. The largest absolute Gasteiger partial charge is 0.545 e. The van der Waals surface area contributed by atoms with E-state index >= 15 is 0 Å². The van der Waals surface area contributed by atoms with Gasteiger partial charge in [-0.2, -0.15) is 0 Å². The number of quaternary nitrogens is 1. The highest BCUT2D eigenvalue weighted by molar-refractivity contribution is 5.96. The van der Waals surface area contributed by atoms with Crippen molar-refractivity contribution in [2.75, 3.05) is 27.7 Å². The maximum atomic E-state index is 10.6. The zero-order chi connectivity index (χ0) is 25.2. The molecule has 4 heteroatoms. The number of nitrogens with zero attached hydrogens (tertiary/aromatic N) is 1. The summed E-state index contributed by atoms with van der Waals surface area (Å²) in [5.41, 5.74) is -0.233. The molecule has 2 aromatic carbocycles. The number of carboxylic acids is 1. The van der Waals surface area contributed by atoms with Gasteiger partial charge in [-0.15, -0.1) is 0 Å². The molecule has 0 bridgehead atoms. The molecule has 0 atom stereocenters. The Labute approximate surface area is 208 Å². The molecule has 0 aliphatic heterocycles. The molecule has 34 heavy (non-hydrogen) atoms. The third-order valence-corrected chi connectivity index (χ3v) is 6.17. The Bertz CT molecular complexity index is 810.